The SMILES string of the molecule is CC1(C)O[C@H](O[C@@H](/C=N/OCCOC2O[C@H](COP(=O)(O)O)[C@@H](O)[C@H](O)[C@@H]2O)CO)[C@@H](/C=N\OCCOC2O[C@H](COP(=O)(O)O)[C@@H](O)[C@H](O)[C@@H]2O)O1. The summed E-state index contributed by atoms with van der Waals surface area (Å²) >= 11 is 0. The highest BCUT2D eigenvalue weighted by Gasteiger charge is 2.46. The molecule has 0 aliphatic carbocycles. The summed E-state index contributed by atoms with van der Waals surface area (Å²) < 4.78 is 68.6. The van der Waals surface area contributed by atoms with Gasteiger partial charge in [0.1, 0.15) is 68.1 Å². The molecule has 0 aromatic heterocycles. The van der Waals surface area contributed by atoms with Crippen molar-refractivity contribution in [2.24, 2.45) is 10.3 Å². The van der Waals surface area contributed by atoms with E-state index in [2.05, 4.69) is 19.4 Å². The van der Waals surface area contributed by atoms with Crippen LogP contribution in [0.25, 0.3) is 0 Å². The van der Waals surface area contributed by atoms with Crippen molar-refractivity contribution in [3.8, 4) is 0 Å². The van der Waals surface area contributed by atoms with E-state index in [0.717, 1.165) is 6.21 Å². The monoisotopic (exact) mass is 820 g/mol. The van der Waals surface area contributed by atoms with Crippen LogP contribution in [0.4, 0.5) is 0 Å². The van der Waals surface area contributed by atoms with E-state index in [9.17, 15) is 44.9 Å². The first-order chi connectivity index (χ1) is 24.7. The van der Waals surface area contributed by atoms with Gasteiger partial charge < -0.3 is 98.2 Å². The van der Waals surface area contributed by atoms with Gasteiger partial charge in [0.25, 0.3) is 0 Å². The Labute approximate surface area is 300 Å². The maximum absolute atomic E-state index is 11.0. The number of ether oxygens (including phenoxy) is 7. The second-order valence-corrected chi connectivity index (χ2v) is 14.3. The van der Waals surface area contributed by atoms with E-state index < -0.39 is 121 Å². The lowest BCUT2D eigenvalue weighted by molar-refractivity contribution is -0.301. The van der Waals surface area contributed by atoms with Crippen LogP contribution in [0.2, 0.25) is 0 Å². The molecule has 0 radical (unpaired) electrons. The normalized spacial score (nSPS) is 35.9. The molecule has 0 saturated carbocycles. The predicted octanol–water partition coefficient (Wildman–Crippen LogP) is -5.29. The summed E-state index contributed by atoms with van der Waals surface area (Å²) in [5, 5.41) is 77.4. The minimum atomic E-state index is -4.91. The molecule has 3 aliphatic rings. The second kappa shape index (κ2) is 20.7. The zero-order chi connectivity index (χ0) is 39.6. The summed E-state index contributed by atoms with van der Waals surface area (Å²) in [5.74, 6) is -1.16. The summed E-state index contributed by atoms with van der Waals surface area (Å²) in [6, 6.07) is 0. The molecule has 0 amide bonds. The number of nitrogens with zero attached hydrogens (tertiary/aromatic N) is 2. The molecule has 11 N–H and O–H groups in total. The molecular weight excluding hydrogens is 774 g/mol. The molecule has 310 valence electrons. The van der Waals surface area contributed by atoms with E-state index >= 15 is 0 Å². The number of phosphoric ester groups is 2. The van der Waals surface area contributed by atoms with Gasteiger partial charge in [-0.3, -0.25) is 9.05 Å². The molecule has 26 nitrogen and oxygen atoms in total. The van der Waals surface area contributed by atoms with Gasteiger partial charge in [-0.05, 0) is 13.8 Å². The number of hydrogen-bond donors (Lipinski definition) is 11. The number of rotatable bonds is 21. The zero-order valence-electron chi connectivity index (χ0n) is 28.1. The third kappa shape index (κ3) is 15.2. The molecule has 3 saturated heterocycles. The molecular formula is C25H46N2O24P2. The second-order valence-electron chi connectivity index (χ2n) is 11.8. The first kappa shape index (κ1) is 46.0. The van der Waals surface area contributed by atoms with Crippen LogP contribution in [-0.2, 0) is 61.0 Å². The zero-order valence-corrected chi connectivity index (χ0v) is 29.9. The van der Waals surface area contributed by atoms with E-state index in [1.165, 1.54) is 6.21 Å². The van der Waals surface area contributed by atoms with Crippen molar-refractivity contribution in [2.75, 3.05) is 46.2 Å². The maximum Gasteiger partial charge on any atom is 0.469 e. The van der Waals surface area contributed by atoms with Gasteiger partial charge in [0.15, 0.2) is 30.8 Å². The maximum atomic E-state index is 11.0. The molecule has 3 fully saturated rings. The smallest absolute Gasteiger partial charge is 0.394 e. The van der Waals surface area contributed by atoms with Crippen LogP contribution in [0.15, 0.2) is 10.3 Å². The van der Waals surface area contributed by atoms with Crippen molar-refractivity contribution >= 4 is 28.1 Å². The standard InChI is InChI=1S/C25H46N2O24P2/c1-25(2)50-13(8-27-44-6-4-42-24-21(34)19(32)17(30)15(49-24)11-46-53(38,39)40)22(51-25)47-12(9-28)7-26-43-5-3-41-23-20(33)18(31)16(29)14(48-23)10-45-52(35,36)37/h7-8,12-24,28-34H,3-6,9-11H2,1-2H3,(H2,35,36,37)(H2,38,39,40)/b26-7+,27-8-/t12-,13+,14+,15+,16+,17+,18-,19-,20-,21-,22-,23?,24?/m0/s1. The van der Waals surface area contributed by atoms with Crippen LogP contribution in [0.3, 0.4) is 0 Å². The van der Waals surface area contributed by atoms with E-state index in [0.29, 0.717) is 0 Å². The minimum Gasteiger partial charge on any atom is -0.394 e. The van der Waals surface area contributed by atoms with Gasteiger partial charge in [-0.25, -0.2) is 9.13 Å². The van der Waals surface area contributed by atoms with Crippen molar-refractivity contribution in [3.05, 3.63) is 0 Å². The van der Waals surface area contributed by atoms with E-state index in [4.69, 9.17) is 62.4 Å². The molecule has 0 spiro atoms. The lowest BCUT2D eigenvalue weighted by atomic mass is 9.99. The van der Waals surface area contributed by atoms with Crippen LogP contribution < -0.4 is 0 Å². The molecule has 0 bridgehead atoms. The quantitative estimate of drug-likeness (QED) is 0.0223. The van der Waals surface area contributed by atoms with Crippen molar-refractivity contribution in [1.82, 2.24) is 0 Å². The van der Waals surface area contributed by atoms with Gasteiger partial charge >= 0.3 is 15.6 Å². The fourth-order valence-electron chi connectivity index (χ4n) is 4.71. The average Bonchev–Trinajstić information content (AvgIpc) is 3.37. The van der Waals surface area contributed by atoms with E-state index in [-0.39, 0.29) is 26.4 Å². The van der Waals surface area contributed by atoms with Gasteiger partial charge in [-0.2, -0.15) is 0 Å². The number of oxime groups is 2. The summed E-state index contributed by atoms with van der Waals surface area (Å²) in [5.41, 5.74) is 0. The molecule has 0 aromatic rings. The van der Waals surface area contributed by atoms with Crippen LogP contribution in [0.1, 0.15) is 13.8 Å². The summed E-state index contributed by atoms with van der Waals surface area (Å²) in [7, 11) is -9.82. The van der Waals surface area contributed by atoms with Gasteiger partial charge in [-0.15, -0.1) is 0 Å². The van der Waals surface area contributed by atoms with Crippen molar-refractivity contribution in [3.63, 3.8) is 0 Å². The molecule has 53 heavy (non-hydrogen) atoms. The fourth-order valence-corrected chi connectivity index (χ4v) is 5.39. The average molecular weight is 821 g/mol. The molecule has 3 heterocycles. The molecule has 28 heteroatoms. The molecule has 2 unspecified atom stereocenters. The van der Waals surface area contributed by atoms with Crippen LogP contribution >= 0.6 is 15.6 Å². The summed E-state index contributed by atoms with van der Waals surface area (Å²) in [4.78, 5) is 45.6. The van der Waals surface area contributed by atoms with E-state index in [1.807, 2.05) is 0 Å². The Hall–Kier alpha value is -1.40. The van der Waals surface area contributed by atoms with Gasteiger partial charge in [0.2, 0.25) is 0 Å². The highest BCUT2D eigenvalue weighted by Crippen LogP contribution is 2.38. The Kier molecular flexibility index (Phi) is 17.9. The molecule has 13 atom stereocenters. The van der Waals surface area contributed by atoms with Gasteiger partial charge in [0.05, 0.1) is 45.5 Å². The first-order valence-corrected chi connectivity index (χ1v) is 18.7. The Bertz CT molecular complexity index is 1250. The molecule has 3 aliphatic heterocycles. The van der Waals surface area contributed by atoms with Crippen molar-refractivity contribution in [2.45, 2.75) is 99.5 Å². The van der Waals surface area contributed by atoms with Crippen LogP contribution in [0, 0.1) is 0 Å². The highest BCUT2D eigenvalue weighted by atomic mass is 31.2. The Morgan fingerprint density at radius 2 is 1.15 bits per heavy atom. The third-order valence-electron chi connectivity index (χ3n) is 7.23. The fraction of sp³-hybridized carbons (Fsp3) is 0.920. The molecule has 3 rings (SSSR count). The lowest BCUT2D eigenvalue weighted by Crippen LogP contribution is -2.59. The van der Waals surface area contributed by atoms with Crippen LogP contribution in [0.5, 0.6) is 0 Å². The topological polar surface area (TPSA) is 383 Å². The third-order valence-corrected chi connectivity index (χ3v) is 8.20. The largest absolute Gasteiger partial charge is 0.469 e. The molecule has 0 aromatic carbocycles. The number of aliphatic hydroxyl groups excluding tert-OH is 7. The van der Waals surface area contributed by atoms with Gasteiger partial charge in [-0.1, -0.05) is 10.3 Å². The van der Waals surface area contributed by atoms with Gasteiger partial charge in [0, 0.05) is 0 Å². The highest BCUT2D eigenvalue weighted by molar-refractivity contribution is 7.46. The first-order valence-electron chi connectivity index (χ1n) is 15.7. The Balaban J connectivity index is 1.40. The number of aliphatic hydroxyl groups is 7. The minimum absolute atomic E-state index is 0.235. The lowest BCUT2D eigenvalue weighted by Gasteiger charge is -2.40. The summed E-state index contributed by atoms with van der Waals surface area (Å²) in [6.45, 7) is -0.101. The summed E-state index contributed by atoms with van der Waals surface area (Å²) in [6.07, 6.45) is -17.3. The predicted molar refractivity (Wildman–Crippen MR) is 166 cm³/mol. The van der Waals surface area contributed by atoms with Crippen molar-refractivity contribution < 1.29 is 116 Å². The Morgan fingerprint density at radius 1 is 0.679 bits per heavy atom. The number of phosphoric acid groups is 2. The van der Waals surface area contributed by atoms with Crippen LogP contribution in [-0.4, -0.2) is 200 Å². The Morgan fingerprint density at radius 3 is 1.60 bits per heavy atom. The number of hydrogen-bond acceptors (Lipinski definition) is 22. The van der Waals surface area contributed by atoms with Crippen molar-refractivity contribution in [1.29, 1.82) is 0 Å². The van der Waals surface area contributed by atoms with E-state index in [1.54, 1.807) is 13.8 Å².